The Morgan fingerprint density at radius 3 is 2.56 bits per heavy atom. The van der Waals surface area contributed by atoms with Crippen molar-refractivity contribution in [2.24, 2.45) is 5.41 Å². The predicted octanol–water partition coefficient (Wildman–Crippen LogP) is 7.35. The monoisotopic (exact) mass is 518 g/mol. The molecule has 0 unspecified atom stereocenters. The number of nitrogens with zero attached hydrogens (tertiary/aromatic N) is 3. The Morgan fingerprint density at radius 2 is 1.74 bits per heavy atom. The summed E-state index contributed by atoms with van der Waals surface area (Å²) >= 11 is 0. The number of anilines is 1. The number of hydrogen-bond acceptors (Lipinski definition) is 4. The summed E-state index contributed by atoms with van der Waals surface area (Å²) in [6, 6.07) is 18.4. The lowest BCUT2D eigenvalue weighted by molar-refractivity contribution is -0.117. The van der Waals surface area contributed by atoms with Gasteiger partial charge in [0.25, 0.3) is 0 Å². The molecule has 4 heterocycles. The predicted molar refractivity (Wildman–Crippen MR) is 153 cm³/mol. The van der Waals surface area contributed by atoms with E-state index < -0.39 is 0 Å². The molecule has 0 aliphatic rings. The first-order valence-corrected chi connectivity index (χ1v) is 12.7. The number of aromatic nitrogens is 5. The van der Waals surface area contributed by atoms with Crippen molar-refractivity contribution >= 4 is 33.4 Å². The van der Waals surface area contributed by atoms with E-state index in [4.69, 9.17) is 0 Å². The SMILES string of the molecule is CC(C)(C)CC(=O)Nc1cncc(-c2cc3c(-c4cc5c(-c6ccccc6F)cccc5[nH]4)n[nH]c3cn2)c1. The number of halogens is 1. The van der Waals surface area contributed by atoms with Gasteiger partial charge in [0.15, 0.2) is 0 Å². The topological polar surface area (TPSA) is 99.4 Å². The molecule has 8 heteroatoms. The van der Waals surface area contributed by atoms with Gasteiger partial charge in [0.1, 0.15) is 11.5 Å². The van der Waals surface area contributed by atoms with E-state index >= 15 is 0 Å². The van der Waals surface area contributed by atoms with Crippen molar-refractivity contribution in [3.63, 3.8) is 0 Å². The highest BCUT2D eigenvalue weighted by atomic mass is 19.1. The fourth-order valence-electron chi connectivity index (χ4n) is 4.81. The minimum atomic E-state index is -0.265. The van der Waals surface area contributed by atoms with E-state index in [2.05, 4.69) is 30.5 Å². The standard InChI is InChI=1S/C31H27FN6O/c1-31(2,3)14-29(39)35-19-11-18(15-33-16-19)26-13-23-28(17-34-26)37-38-30(23)27-12-22-20(8-6-10-25(22)36-27)21-7-4-5-9-24(21)32/h4-13,15-17,36H,14H2,1-3H3,(H,35,39)(H,37,38). The number of amides is 1. The molecule has 0 saturated heterocycles. The molecule has 0 aliphatic heterocycles. The third kappa shape index (κ3) is 4.88. The molecule has 6 rings (SSSR count). The zero-order valence-corrected chi connectivity index (χ0v) is 21.8. The highest BCUT2D eigenvalue weighted by Crippen LogP contribution is 2.35. The van der Waals surface area contributed by atoms with Crippen LogP contribution in [-0.2, 0) is 4.79 Å². The van der Waals surface area contributed by atoms with Crippen molar-refractivity contribution in [1.29, 1.82) is 0 Å². The highest BCUT2D eigenvalue weighted by Gasteiger charge is 2.18. The van der Waals surface area contributed by atoms with Crippen LogP contribution in [0.2, 0.25) is 0 Å². The summed E-state index contributed by atoms with van der Waals surface area (Å²) in [5.41, 5.74) is 6.55. The van der Waals surface area contributed by atoms with E-state index in [1.165, 1.54) is 6.07 Å². The summed E-state index contributed by atoms with van der Waals surface area (Å²) < 4.78 is 14.6. The van der Waals surface area contributed by atoms with Gasteiger partial charge in [-0.05, 0) is 41.3 Å². The number of aromatic amines is 2. The Morgan fingerprint density at radius 1 is 0.923 bits per heavy atom. The first-order chi connectivity index (χ1) is 18.7. The Kier molecular flexibility index (Phi) is 5.95. The molecule has 0 aliphatic carbocycles. The lowest BCUT2D eigenvalue weighted by Crippen LogP contribution is -2.19. The summed E-state index contributed by atoms with van der Waals surface area (Å²) in [7, 11) is 0. The van der Waals surface area contributed by atoms with Crippen LogP contribution in [-0.4, -0.2) is 31.1 Å². The van der Waals surface area contributed by atoms with Gasteiger partial charge in [-0.3, -0.25) is 19.9 Å². The quantitative estimate of drug-likeness (QED) is 0.222. The average molecular weight is 519 g/mol. The van der Waals surface area contributed by atoms with Crippen molar-refractivity contribution in [3.8, 4) is 33.8 Å². The Labute approximate surface area is 224 Å². The maximum atomic E-state index is 14.6. The van der Waals surface area contributed by atoms with Gasteiger partial charge in [0.05, 0.1) is 35.0 Å². The van der Waals surface area contributed by atoms with Crippen LogP contribution in [0, 0.1) is 11.2 Å². The van der Waals surface area contributed by atoms with E-state index in [9.17, 15) is 9.18 Å². The Bertz CT molecular complexity index is 1850. The van der Waals surface area contributed by atoms with Gasteiger partial charge in [0, 0.05) is 40.0 Å². The van der Waals surface area contributed by atoms with Gasteiger partial charge in [-0.15, -0.1) is 0 Å². The molecule has 194 valence electrons. The van der Waals surface area contributed by atoms with Crippen LogP contribution in [0.1, 0.15) is 27.2 Å². The average Bonchev–Trinajstić information content (AvgIpc) is 3.51. The summed E-state index contributed by atoms with van der Waals surface area (Å²) in [5, 5.41) is 12.3. The molecule has 3 N–H and O–H groups in total. The minimum Gasteiger partial charge on any atom is -0.353 e. The van der Waals surface area contributed by atoms with Crippen LogP contribution < -0.4 is 5.32 Å². The molecular formula is C31H27FN6O. The summed E-state index contributed by atoms with van der Waals surface area (Å²) in [6.07, 6.45) is 5.49. The molecule has 0 atom stereocenters. The van der Waals surface area contributed by atoms with Crippen LogP contribution in [0.25, 0.3) is 55.6 Å². The van der Waals surface area contributed by atoms with Crippen molar-refractivity contribution in [2.75, 3.05) is 5.32 Å². The fraction of sp³-hybridized carbons (Fsp3) is 0.161. The van der Waals surface area contributed by atoms with Crippen molar-refractivity contribution < 1.29 is 9.18 Å². The molecule has 39 heavy (non-hydrogen) atoms. The van der Waals surface area contributed by atoms with E-state index in [1.807, 2.05) is 63.2 Å². The second-order valence-electron chi connectivity index (χ2n) is 10.9. The van der Waals surface area contributed by atoms with Gasteiger partial charge in [-0.25, -0.2) is 4.39 Å². The zero-order chi connectivity index (χ0) is 27.1. The van der Waals surface area contributed by atoms with Crippen molar-refractivity contribution in [2.45, 2.75) is 27.2 Å². The Balaban J connectivity index is 1.37. The van der Waals surface area contributed by atoms with E-state index in [0.29, 0.717) is 23.4 Å². The number of fused-ring (bicyclic) bond motifs is 2. The summed E-state index contributed by atoms with van der Waals surface area (Å²) in [5.74, 6) is -0.324. The van der Waals surface area contributed by atoms with Gasteiger partial charge in [-0.2, -0.15) is 5.10 Å². The van der Waals surface area contributed by atoms with Crippen LogP contribution >= 0.6 is 0 Å². The molecule has 2 aromatic carbocycles. The van der Waals surface area contributed by atoms with Crippen LogP contribution in [0.5, 0.6) is 0 Å². The number of carbonyl (C=O) groups is 1. The second kappa shape index (κ2) is 9.47. The molecule has 0 spiro atoms. The zero-order valence-electron chi connectivity index (χ0n) is 21.8. The number of pyridine rings is 2. The molecule has 7 nitrogen and oxygen atoms in total. The smallest absolute Gasteiger partial charge is 0.224 e. The van der Waals surface area contributed by atoms with Crippen molar-refractivity contribution in [3.05, 3.63) is 85.1 Å². The number of hydrogen-bond donors (Lipinski definition) is 3. The maximum absolute atomic E-state index is 14.6. The molecule has 4 aromatic heterocycles. The van der Waals surface area contributed by atoms with Crippen LogP contribution in [0.15, 0.2) is 79.3 Å². The first kappa shape index (κ1) is 24.5. The van der Waals surface area contributed by atoms with Crippen LogP contribution in [0.3, 0.4) is 0 Å². The third-order valence-corrected chi connectivity index (χ3v) is 6.54. The Hall–Kier alpha value is -4.85. The van der Waals surface area contributed by atoms with Gasteiger partial charge in [0.2, 0.25) is 5.91 Å². The molecule has 1 amide bonds. The van der Waals surface area contributed by atoms with E-state index in [0.717, 1.165) is 44.3 Å². The molecule has 6 aromatic rings. The third-order valence-electron chi connectivity index (χ3n) is 6.54. The molecular weight excluding hydrogens is 491 g/mol. The molecule has 0 fully saturated rings. The number of benzene rings is 2. The number of rotatable bonds is 5. The minimum absolute atomic E-state index is 0.0597. The second-order valence-corrected chi connectivity index (χ2v) is 10.9. The highest BCUT2D eigenvalue weighted by molar-refractivity contribution is 6.01. The van der Waals surface area contributed by atoms with Crippen LogP contribution in [0.4, 0.5) is 10.1 Å². The number of H-pyrrole nitrogens is 2. The lowest BCUT2D eigenvalue weighted by Gasteiger charge is -2.17. The summed E-state index contributed by atoms with van der Waals surface area (Å²) in [6.45, 7) is 6.07. The van der Waals surface area contributed by atoms with Gasteiger partial charge >= 0.3 is 0 Å². The van der Waals surface area contributed by atoms with Crippen molar-refractivity contribution in [1.82, 2.24) is 25.1 Å². The van der Waals surface area contributed by atoms with Gasteiger partial charge in [-0.1, -0.05) is 51.1 Å². The van der Waals surface area contributed by atoms with E-state index in [1.54, 1.807) is 30.7 Å². The number of carbonyl (C=O) groups excluding carboxylic acids is 1. The normalized spacial score (nSPS) is 11.8. The summed E-state index contributed by atoms with van der Waals surface area (Å²) in [4.78, 5) is 24.8. The lowest BCUT2D eigenvalue weighted by atomic mass is 9.92. The van der Waals surface area contributed by atoms with E-state index in [-0.39, 0.29) is 17.1 Å². The maximum Gasteiger partial charge on any atom is 0.224 e. The molecule has 0 saturated carbocycles. The first-order valence-electron chi connectivity index (χ1n) is 12.7. The fourth-order valence-corrected chi connectivity index (χ4v) is 4.81. The largest absolute Gasteiger partial charge is 0.353 e. The number of nitrogens with one attached hydrogen (secondary N) is 3. The molecule has 0 bridgehead atoms. The van der Waals surface area contributed by atoms with Gasteiger partial charge < -0.3 is 10.3 Å². The molecule has 0 radical (unpaired) electrons.